The van der Waals surface area contributed by atoms with Gasteiger partial charge in [0.15, 0.2) is 0 Å². The smallest absolute Gasteiger partial charge is 0.244 e. The predicted octanol–water partition coefficient (Wildman–Crippen LogP) is 9.55. The van der Waals surface area contributed by atoms with Crippen LogP contribution in [0.2, 0.25) is 0 Å². The van der Waals surface area contributed by atoms with Gasteiger partial charge in [0.2, 0.25) is 0 Å². The fraction of sp³-hybridized carbons (Fsp3) is 0.0244. The first-order valence-electron chi connectivity index (χ1n) is 15.9. The standard InChI is InChI=1S/C41H28N6O.Pt/c1-28-20-41(44-25-36(28)29-23-42-26-43-24-29)47-37-15-6-5-14-34(37)35-19-18-33(22-40(35)47)48-32-13-9-12-31(21-32)46-27-45(30-10-3-2-4-11-30)38-16-7-8-17-39(38)46;/h2-26H,1H3;. The summed E-state index contributed by atoms with van der Waals surface area (Å²) in [5.41, 5.74) is 9.54. The molecule has 0 saturated carbocycles. The van der Waals surface area contributed by atoms with E-state index in [0.29, 0.717) is 0 Å². The van der Waals surface area contributed by atoms with E-state index in [9.17, 15) is 0 Å². The van der Waals surface area contributed by atoms with Crippen LogP contribution in [-0.4, -0.2) is 28.7 Å². The zero-order chi connectivity index (χ0) is 32.9. The van der Waals surface area contributed by atoms with Gasteiger partial charge in [0.05, 0.1) is 0 Å². The van der Waals surface area contributed by atoms with Crippen LogP contribution in [0.3, 0.4) is 0 Å². The fourth-order valence-corrected chi connectivity index (χ4v) is 7.80. The summed E-state index contributed by atoms with van der Waals surface area (Å²) in [7, 11) is 0. The second-order valence-electron chi connectivity index (χ2n) is 11.9. The molecule has 49 heavy (non-hydrogen) atoms. The van der Waals surface area contributed by atoms with E-state index in [-0.39, 0.29) is 0 Å². The van der Waals surface area contributed by atoms with Crippen LogP contribution >= 0.6 is 0 Å². The number of benzene rings is 5. The third-order valence-corrected chi connectivity index (χ3v) is 9.89. The zero-order valence-electron chi connectivity index (χ0n) is 26.3. The molecule has 4 aromatic heterocycles. The van der Waals surface area contributed by atoms with Crippen LogP contribution < -0.4 is 4.74 Å². The van der Waals surface area contributed by atoms with Gasteiger partial charge in [-0.1, -0.05) is 12.1 Å². The maximum atomic E-state index is 6.61. The van der Waals surface area contributed by atoms with E-state index in [1.54, 1.807) is 6.33 Å². The van der Waals surface area contributed by atoms with Gasteiger partial charge in [-0.3, -0.25) is 0 Å². The van der Waals surface area contributed by atoms with Crippen LogP contribution in [0.1, 0.15) is 5.56 Å². The summed E-state index contributed by atoms with van der Waals surface area (Å²) in [6.07, 6.45) is 7.08. The van der Waals surface area contributed by atoms with Crippen molar-refractivity contribution < 1.29 is 24.1 Å². The second kappa shape index (κ2) is 12.0. The van der Waals surface area contributed by atoms with Gasteiger partial charge < -0.3 is 0 Å². The number of pyridine rings is 1. The Labute approximate surface area is 292 Å². The maximum absolute atomic E-state index is 6.61. The summed E-state index contributed by atoms with van der Waals surface area (Å²) in [6.45, 7) is 2.10. The molecule has 8 heteroatoms. The van der Waals surface area contributed by atoms with Crippen LogP contribution in [0.5, 0.6) is 11.5 Å². The van der Waals surface area contributed by atoms with Gasteiger partial charge in [0.25, 0.3) is 0 Å². The molecular weight excluding hydrogens is 788 g/mol. The summed E-state index contributed by atoms with van der Waals surface area (Å²) < 4.78 is 14.5. The van der Waals surface area contributed by atoms with Crippen LogP contribution in [0.4, 0.5) is 0 Å². The molecule has 0 atom stereocenters. The van der Waals surface area contributed by atoms with Crippen molar-refractivity contribution in [2.24, 2.45) is 0 Å². The summed E-state index contributed by atoms with van der Waals surface area (Å²) in [6, 6.07) is 44.1. The number of hydrogen-bond acceptors (Lipinski definition) is 4. The van der Waals surface area contributed by atoms with E-state index < -0.39 is 0 Å². The third kappa shape index (κ3) is 5.02. The van der Waals surface area contributed by atoms with Crippen molar-refractivity contribution in [3.63, 3.8) is 0 Å². The molecule has 0 saturated heterocycles. The molecule has 0 spiro atoms. The van der Waals surface area contributed by atoms with Gasteiger partial charge in [0.1, 0.15) is 6.33 Å². The number of nitrogens with zero attached hydrogens (tertiary/aromatic N) is 6. The van der Waals surface area contributed by atoms with Crippen molar-refractivity contribution in [1.29, 1.82) is 0 Å². The number of imidazole rings is 1. The normalized spacial score (nSPS) is 11.5. The molecule has 9 rings (SSSR count). The predicted molar refractivity (Wildman–Crippen MR) is 190 cm³/mol. The molecule has 9 aromatic rings. The molecule has 0 aliphatic carbocycles. The van der Waals surface area contributed by atoms with Crippen molar-refractivity contribution in [3.05, 3.63) is 162 Å². The first kappa shape index (κ1) is 29.2. The van der Waals surface area contributed by atoms with Crippen molar-refractivity contribution in [2.45, 2.75) is 6.92 Å². The molecule has 0 amide bonds. The number of hydrogen-bond donors (Lipinski definition) is 0. The Morgan fingerprint density at radius 1 is 0.551 bits per heavy atom. The van der Waals surface area contributed by atoms with Crippen molar-refractivity contribution in [2.75, 3.05) is 0 Å². The molecule has 7 nitrogen and oxygen atoms in total. The quantitative estimate of drug-likeness (QED) is 0.168. The topological polar surface area (TPSA) is 62.7 Å². The molecule has 0 unspecified atom stereocenters. The Morgan fingerprint density at radius 2 is 1.20 bits per heavy atom. The monoisotopic (exact) mass is 815 g/mol. The van der Waals surface area contributed by atoms with Crippen LogP contribution in [0, 0.1) is 10.7 Å². The molecule has 0 N–H and O–H groups in total. The molecular formula is C41H28N6OPt. The minimum Gasteiger partial charge on any atom is -0.244 e. The van der Waals surface area contributed by atoms with Gasteiger partial charge in [-0.25, -0.2) is 9.97 Å². The number of rotatable bonds is 6. The molecule has 0 fully saturated rings. The van der Waals surface area contributed by atoms with E-state index in [2.05, 4.69) is 153 Å². The summed E-state index contributed by atoms with van der Waals surface area (Å²) in [4.78, 5) is 13.3. The molecule has 238 valence electrons. The average molecular weight is 816 g/mol. The van der Waals surface area contributed by atoms with E-state index >= 15 is 0 Å². The number of fused-ring (bicyclic) bond motifs is 4. The van der Waals surface area contributed by atoms with Gasteiger partial charge in [-0.05, 0) is 12.5 Å². The molecule has 4 heterocycles. The Balaban J connectivity index is 1.13. The summed E-state index contributed by atoms with van der Waals surface area (Å²) in [5.74, 6) is 2.34. The van der Waals surface area contributed by atoms with Crippen LogP contribution in [-0.2, 0) is 19.4 Å². The zero-order valence-corrected chi connectivity index (χ0v) is 28.6. The Morgan fingerprint density at radius 3 is 1.98 bits per heavy atom. The van der Waals surface area contributed by atoms with Crippen molar-refractivity contribution >= 4 is 32.8 Å². The molecule has 0 aliphatic heterocycles. The molecule has 5 aromatic carbocycles. The average Bonchev–Trinajstić information content (AvgIpc) is 3.63. The van der Waals surface area contributed by atoms with E-state index in [0.717, 1.165) is 82.0 Å². The van der Waals surface area contributed by atoms with E-state index in [4.69, 9.17) is 9.72 Å². The number of ether oxygens (including phenoxy) is 1. The number of aryl methyl sites for hydroxylation is 1. The van der Waals surface area contributed by atoms with Gasteiger partial charge in [-0.2, -0.15) is 0 Å². The fourth-order valence-electron chi connectivity index (χ4n) is 6.67. The SMILES string of the molecule is Cc1cc(-n2c3ccccc3c3ccc(Oc4cccc(-n5[c](=[Pt])n(-c6ccccc6)c6ccccc65)c4)cc32)ncc1-c1cncnc1. The van der Waals surface area contributed by atoms with Gasteiger partial charge >= 0.3 is 223 Å². The molecule has 0 radical (unpaired) electrons. The molecule has 0 bridgehead atoms. The molecule has 0 aliphatic rings. The summed E-state index contributed by atoms with van der Waals surface area (Å²) in [5, 5.41) is 2.29. The first-order valence-corrected chi connectivity index (χ1v) is 17.0. The Kier molecular flexibility index (Phi) is 7.14. The van der Waals surface area contributed by atoms with Gasteiger partial charge in [-0.15, -0.1) is 0 Å². The van der Waals surface area contributed by atoms with Crippen LogP contribution in [0.25, 0.3) is 61.2 Å². The van der Waals surface area contributed by atoms with E-state index in [1.807, 2.05) is 42.9 Å². The number of aromatic nitrogens is 6. The minimum absolute atomic E-state index is 0.745. The van der Waals surface area contributed by atoms with E-state index in [1.165, 1.54) is 0 Å². The minimum atomic E-state index is 0.745. The van der Waals surface area contributed by atoms with Crippen LogP contribution in [0.15, 0.2) is 152 Å². The second-order valence-corrected chi connectivity index (χ2v) is 12.9. The first-order chi connectivity index (χ1) is 24.1. The van der Waals surface area contributed by atoms with Gasteiger partial charge in [0, 0.05) is 29.7 Å². The Hall–Kier alpha value is -5.91. The Bertz CT molecular complexity index is 2730. The third-order valence-electron chi connectivity index (χ3n) is 8.87. The number of para-hydroxylation sites is 4. The van der Waals surface area contributed by atoms with Crippen molar-refractivity contribution in [3.8, 4) is 39.8 Å². The van der Waals surface area contributed by atoms with Crippen molar-refractivity contribution in [1.82, 2.24) is 28.7 Å². The summed E-state index contributed by atoms with van der Waals surface area (Å²) >= 11 is 2.42.